The van der Waals surface area contributed by atoms with Crippen LogP contribution in [0.1, 0.15) is 245 Å². The Bertz CT molecular complexity index is 1640. The third-order valence-electron chi connectivity index (χ3n) is 12.1. The van der Waals surface area contributed by atoms with Crippen molar-refractivity contribution >= 4 is 17.9 Å². The Balaban J connectivity index is 4.52. The molecule has 0 saturated heterocycles. The van der Waals surface area contributed by atoms with Gasteiger partial charge in [0.05, 0.1) is 0 Å². The molecule has 0 aliphatic rings. The minimum absolute atomic E-state index is 0.110. The monoisotopic (exact) mass is 1020 g/mol. The summed E-state index contributed by atoms with van der Waals surface area (Å²) in [5, 5.41) is 0. The fourth-order valence-corrected chi connectivity index (χ4v) is 7.64. The highest BCUT2D eigenvalue weighted by atomic mass is 16.6. The van der Waals surface area contributed by atoms with Gasteiger partial charge in [-0.05, 0) is 141 Å². The molecule has 0 N–H and O–H groups in total. The summed E-state index contributed by atoms with van der Waals surface area (Å²) >= 11 is 0. The largest absolute Gasteiger partial charge is 0.462 e. The van der Waals surface area contributed by atoms with Gasteiger partial charge in [0.25, 0.3) is 0 Å². The molecule has 74 heavy (non-hydrogen) atoms. The highest BCUT2D eigenvalue weighted by Gasteiger charge is 2.19. The smallest absolute Gasteiger partial charge is 0.306 e. The fourth-order valence-electron chi connectivity index (χ4n) is 7.64. The van der Waals surface area contributed by atoms with E-state index in [0.29, 0.717) is 19.3 Å². The maximum Gasteiger partial charge on any atom is 0.306 e. The Hall–Kier alpha value is -4.71. The van der Waals surface area contributed by atoms with Crippen LogP contribution in [0.2, 0.25) is 0 Å². The van der Waals surface area contributed by atoms with Crippen LogP contribution in [0.15, 0.2) is 146 Å². The van der Waals surface area contributed by atoms with Gasteiger partial charge in [-0.25, -0.2) is 0 Å². The molecule has 0 saturated carbocycles. The van der Waals surface area contributed by atoms with E-state index in [-0.39, 0.29) is 37.5 Å². The van der Waals surface area contributed by atoms with Gasteiger partial charge < -0.3 is 14.2 Å². The third kappa shape index (κ3) is 58.2. The first-order chi connectivity index (χ1) is 36.5. The minimum atomic E-state index is -0.817. The Kier molecular flexibility index (Phi) is 57.0. The molecular formula is C68H108O6. The second kappa shape index (κ2) is 60.8. The topological polar surface area (TPSA) is 78.9 Å². The van der Waals surface area contributed by atoms with Crippen LogP contribution in [0, 0.1) is 0 Å². The number of hydrogen-bond donors (Lipinski definition) is 0. The molecule has 0 aromatic heterocycles. The Morgan fingerprint density at radius 1 is 0.284 bits per heavy atom. The quantitative estimate of drug-likeness (QED) is 0.0261. The molecule has 0 aliphatic carbocycles. The predicted molar refractivity (Wildman–Crippen MR) is 320 cm³/mol. The van der Waals surface area contributed by atoms with Crippen LogP contribution < -0.4 is 0 Å². The number of carbonyl (C=O) groups is 3. The van der Waals surface area contributed by atoms with E-state index < -0.39 is 6.10 Å². The lowest BCUT2D eigenvalue weighted by Gasteiger charge is -2.18. The summed E-state index contributed by atoms with van der Waals surface area (Å²) in [6.07, 6.45) is 86.9. The zero-order chi connectivity index (χ0) is 53.6. The predicted octanol–water partition coefficient (Wildman–Crippen LogP) is 20.4. The Labute approximate surface area is 455 Å². The van der Waals surface area contributed by atoms with Crippen LogP contribution >= 0.6 is 0 Å². The molecule has 0 amide bonds. The molecule has 0 heterocycles. The van der Waals surface area contributed by atoms with E-state index in [9.17, 15) is 14.4 Å². The molecule has 416 valence electrons. The molecule has 6 heteroatoms. The summed E-state index contributed by atoms with van der Waals surface area (Å²) in [4.78, 5) is 38.2. The molecule has 0 spiro atoms. The van der Waals surface area contributed by atoms with Gasteiger partial charge in [-0.1, -0.05) is 231 Å². The second-order valence-electron chi connectivity index (χ2n) is 19.1. The molecule has 0 fully saturated rings. The molecule has 1 atom stereocenters. The van der Waals surface area contributed by atoms with Crippen molar-refractivity contribution in [1.29, 1.82) is 0 Å². The minimum Gasteiger partial charge on any atom is -0.462 e. The van der Waals surface area contributed by atoms with E-state index in [1.165, 1.54) is 44.9 Å². The highest BCUT2D eigenvalue weighted by Crippen LogP contribution is 2.13. The average molecular weight is 1020 g/mol. The maximum absolute atomic E-state index is 12.9. The first-order valence-electron chi connectivity index (χ1n) is 29.8. The van der Waals surface area contributed by atoms with Gasteiger partial charge in [-0.15, -0.1) is 0 Å². The van der Waals surface area contributed by atoms with Crippen molar-refractivity contribution < 1.29 is 28.6 Å². The number of unbranched alkanes of at least 4 members (excludes halogenated alkanes) is 17. The number of carbonyl (C=O) groups excluding carboxylic acids is 3. The van der Waals surface area contributed by atoms with Crippen molar-refractivity contribution in [2.24, 2.45) is 0 Å². The van der Waals surface area contributed by atoms with E-state index in [1.807, 2.05) is 0 Å². The fraction of sp³-hybridized carbons (Fsp3) is 0.603. The van der Waals surface area contributed by atoms with Crippen molar-refractivity contribution in [3.63, 3.8) is 0 Å². The molecule has 0 aromatic carbocycles. The van der Waals surface area contributed by atoms with Gasteiger partial charge in [0.2, 0.25) is 0 Å². The molecule has 0 aromatic rings. The molecule has 0 bridgehead atoms. The van der Waals surface area contributed by atoms with Crippen LogP contribution in [0.4, 0.5) is 0 Å². The van der Waals surface area contributed by atoms with E-state index in [4.69, 9.17) is 14.2 Å². The molecular weight excluding hydrogens is 913 g/mol. The lowest BCUT2D eigenvalue weighted by Crippen LogP contribution is -2.30. The van der Waals surface area contributed by atoms with E-state index in [0.717, 1.165) is 154 Å². The lowest BCUT2D eigenvalue weighted by atomic mass is 10.1. The van der Waals surface area contributed by atoms with Crippen LogP contribution in [0.25, 0.3) is 0 Å². The number of ether oxygens (including phenoxy) is 3. The first-order valence-corrected chi connectivity index (χ1v) is 29.8. The maximum atomic E-state index is 12.9. The Morgan fingerprint density at radius 3 is 0.851 bits per heavy atom. The van der Waals surface area contributed by atoms with E-state index >= 15 is 0 Å². The molecule has 0 aliphatic heterocycles. The van der Waals surface area contributed by atoms with Crippen molar-refractivity contribution in [2.75, 3.05) is 13.2 Å². The van der Waals surface area contributed by atoms with Crippen LogP contribution in [0.5, 0.6) is 0 Å². The van der Waals surface area contributed by atoms with Crippen molar-refractivity contribution in [2.45, 2.75) is 252 Å². The van der Waals surface area contributed by atoms with Crippen molar-refractivity contribution in [1.82, 2.24) is 0 Å². The van der Waals surface area contributed by atoms with Gasteiger partial charge in [-0.2, -0.15) is 0 Å². The molecule has 0 radical (unpaired) electrons. The van der Waals surface area contributed by atoms with Crippen LogP contribution in [-0.4, -0.2) is 37.2 Å². The zero-order valence-corrected chi connectivity index (χ0v) is 47.5. The zero-order valence-electron chi connectivity index (χ0n) is 47.5. The summed E-state index contributed by atoms with van der Waals surface area (Å²) in [5.74, 6) is -0.980. The molecule has 0 rings (SSSR count). The van der Waals surface area contributed by atoms with Gasteiger partial charge >= 0.3 is 17.9 Å². The number of hydrogen-bond acceptors (Lipinski definition) is 6. The summed E-state index contributed by atoms with van der Waals surface area (Å²) in [5.41, 5.74) is 0. The molecule has 6 nitrogen and oxygen atoms in total. The third-order valence-corrected chi connectivity index (χ3v) is 12.1. The SMILES string of the molecule is CC/C=C\C/C=C\C/C=C\C/C=C\C/C=C\C/C=C\CCCCCCC(=O)OCC(COC(=O)CCCCCCC/C=C\CCCCCCC)OC(=O)CCCCC/C=C\C/C=C\C/C=C\C/C=C\C/C=C\CC. The summed E-state index contributed by atoms with van der Waals surface area (Å²) < 4.78 is 16.8. The summed E-state index contributed by atoms with van der Waals surface area (Å²) in [6.45, 7) is 6.34. The van der Waals surface area contributed by atoms with Crippen LogP contribution in [0.3, 0.4) is 0 Å². The van der Waals surface area contributed by atoms with E-state index in [2.05, 4.69) is 167 Å². The number of esters is 3. The van der Waals surface area contributed by atoms with Gasteiger partial charge in [0, 0.05) is 19.3 Å². The van der Waals surface area contributed by atoms with Gasteiger partial charge in [0.1, 0.15) is 13.2 Å². The highest BCUT2D eigenvalue weighted by molar-refractivity contribution is 5.71. The standard InChI is InChI=1S/C68H108O6/c1-4-7-10-13-16-19-22-25-28-30-32-33-34-35-37-38-40-43-46-49-52-55-58-61-67(70)73-64-65(63-72-66(69)60-57-54-51-48-45-42-27-24-21-18-15-12-9-6-3)74-68(71)62-59-56-53-50-47-44-41-39-36-31-29-26-23-20-17-14-11-8-5-2/h7-8,10-11,16-17,19-20,24-29,32-33,35-37,39-40,43-44,47,65H,4-6,9,12-15,18,21-23,30-31,34,38,41-42,45-46,48-64H2,1-3H3/b10-7-,11-8-,19-16-,20-17-,27-24-,28-25-,29-26-,33-32-,37-35-,39-36-,43-40-,47-44-. The average Bonchev–Trinajstić information content (AvgIpc) is 3.40. The second-order valence-corrected chi connectivity index (χ2v) is 19.1. The van der Waals surface area contributed by atoms with Gasteiger partial charge in [0.15, 0.2) is 6.10 Å². The molecule has 1 unspecified atom stereocenters. The van der Waals surface area contributed by atoms with Gasteiger partial charge in [-0.3, -0.25) is 14.4 Å². The summed E-state index contributed by atoms with van der Waals surface area (Å²) in [7, 11) is 0. The summed E-state index contributed by atoms with van der Waals surface area (Å²) in [6, 6.07) is 0. The van der Waals surface area contributed by atoms with Crippen molar-refractivity contribution in [3.05, 3.63) is 146 Å². The lowest BCUT2D eigenvalue weighted by molar-refractivity contribution is -0.167. The Morgan fingerprint density at radius 2 is 0.527 bits per heavy atom. The van der Waals surface area contributed by atoms with E-state index in [1.54, 1.807) is 0 Å². The van der Waals surface area contributed by atoms with Crippen LogP contribution in [-0.2, 0) is 28.6 Å². The normalized spacial score (nSPS) is 13.2. The number of rotatable bonds is 52. The van der Waals surface area contributed by atoms with Crippen molar-refractivity contribution in [3.8, 4) is 0 Å². The first kappa shape index (κ1) is 69.3. The number of allylic oxidation sites excluding steroid dienone is 24.